The predicted octanol–water partition coefficient (Wildman–Crippen LogP) is 1.16. The number of nitrogens with one attached hydrogen (secondary N) is 1. The van der Waals surface area contributed by atoms with Gasteiger partial charge < -0.3 is 15.1 Å². The molecular formula is C16H29N5O2S. The molecule has 0 saturated carbocycles. The van der Waals surface area contributed by atoms with Crippen molar-refractivity contribution in [3.05, 3.63) is 11.9 Å². The zero-order valence-electron chi connectivity index (χ0n) is 15.1. The molecule has 1 saturated heterocycles. The Kier molecular flexibility index (Phi) is 6.40. The molecule has 2 heterocycles. The maximum Gasteiger partial charge on any atom is 0.152 e. The van der Waals surface area contributed by atoms with Crippen molar-refractivity contribution in [2.24, 2.45) is 0 Å². The third kappa shape index (κ3) is 5.31. The molecule has 0 radical (unpaired) electrons. The van der Waals surface area contributed by atoms with Crippen molar-refractivity contribution < 1.29 is 8.42 Å². The van der Waals surface area contributed by atoms with Crippen LogP contribution in [0.1, 0.15) is 25.6 Å². The van der Waals surface area contributed by atoms with Crippen molar-refractivity contribution in [2.45, 2.75) is 32.7 Å². The number of rotatable bonds is 8. The summed E-state index contributed by atoms with van der Waals surface area (Å²) in [5.74, 6) is 2.79. The van der Waals surface area contributed by atoms with Crippen molar-refractivity contribution in [2.75, 3.05) is 55.5 Å². The van der Waals surface area contributed by atoms with Crippen LogP contribution in [0.3, 0.4) is 0 Å². The Morgan fingerprint density at radius 3 is 2.67 bits per heavy atom. The highest BCUT2D eigenvalue weighted by molar-refractivity contribution is 7.91. The van der Waals surface area contributed by atoms with E-state index in [4.69, 9.17) is 0 Å². The van der Waals surface area contributed by atoms with E-state index in [9.17, 15) is 8.42 Å². The van der Waals surface area contributed by atoms with Crippen LogP contribution in [-0.4, -0.2) is 74.6 Å². The number of aryl methyl sites for hydroxylation is 1. The summed E-state index contributed by atoms with van der Waals surface area (Å²) >= 11 is 0. The molecule has 7 nitrogen and oxygen atoms in total. The molecule has 0 aromatic carbocycles. The monoisotopic (exact) mass is 355 g/mol. The number of anilines is 2. The third-order valence-corrected chi connectivity index (χ3v) is 5.95. The third-order valence-electron chi connectivity index (χ3n) is 4.20. The van der Waals surface area contributed by atoms with Gasteiger partial charge in [0.2, 0.25) is 0 Å². The fraction of sp³-hybridized carbons (Fsp3) is 0.750. The number of hydrogen-bond donors (Lipinski definition) is 1. The molecule has 8 heteroatoms. The van der Waals surface area contributed by atoms with Gasteiger partial charge in [-0.3, -0.25) is 0 Å². The lowest BCUT2D eigenvalue weighted by atomic mass is 10.2. The average Bonchev–Trinajstić information content (AvgIpc) is 2.84. The van der Waals surface area contributed by atoms with E-state index in [0.717, 1.165) is 37.7 Å². The first-order chi connectivity index (χ1) is 11.3. The van der Waals surface area contributed by atoms with Gasteiger partial charge in [-0.1, -0.05) is 0 Å². The van der Waals surface area contributed by atoms with Gasteiger partial charge in [0, 0.05) is 25.2 Å². The molecule has 0 aliphatic carbocycles. The van der Waals surface area contributed by atoms with Gasteiger partial charge in [0.25, 0.3) is 0 Å². The molecule has 136 valence electrons. The fourth-order valence-electron chi connectivity index (χ4n) is 3.03. The van der Waals surface area contributed by atoms with Gasteiger partial charge in [-0.15, -0.1) is 0 Å². The minimum Gasteiger partial charge on any atom is -0.370 e. The van der Waals surface area contributed by atoms with Gasteiger partial charge in [-0.2, -0.15) is 0 Å². The summed E-state index contributed by atoms with van der Waals surface area (Å²) in [6.45, 7) is 6.50. The van der Waals surface area contributed by atoms with E-state index in [2.05, 4.69) is 39.2 Å². The SMILES string of the molecule is CCN(c1cc(NCCCN(C)C)nc(C)n1)C1CCS(=O)(=O)C1. The maximum atomic E-state index is 11.8. The number of hydrogen-bond acceptors (Lipinski definition) is 7. The van der Waals surface area contributed by atoms with Crippen molar-refractivity contribution in [3.8, 4) is 0 Å². The first kappa shape index (κ1) is 18.9. The Morgan fingerprint density at radius 2 is 2.08 bits per heavy atom. The summed E-state index contributed by atoms with van der Waals surface area (Å²) in [6, 6.07) is 1.94. The van der Waals surface area contributed by atoms with E-state index in [1.165, 1.54) is 0 Å². The minimum atomic E-state index is -2.91. The molecule has 1 aromatic heterocycles. The highest BCUT2D eigenvalue weighted by Crippen LogP contribution is 2.24. The van der Waals surface area contributed by atoms with Crippen LogP contribution < -0.4 is 10.2 Å². The second-order valence-corrected chi connectivity index (χ2v) is 8.81. The largest absolute Gasteiger partial charge is 0.370 e. The fourth-order valence-corrected chi connectivity index (χ4v) is 4.76. The van der Waals surface area contributed by atoms with Crippen molar-refractivity contribution >= 4 is 21.5 Å². The van der Waals surface area contributed by atoms with Crippen molar-refractivity contribution in [1.82, 2.24) is 14.9 Å². The van der Waals surface area contributed by atoms with E-state index >= 15 is 0 Å². The number of aromatic nitrogens is 2. The molecule has 1 fully saturated rings. The Balaban J connectivity index is 2.08. The number of sulfone groups is 1. The molecule has 0 spiro atoms. The Bertz CT molecular complexity index is 648. The van der Waals surface area contributed by atoms with Crippen molar-refractivity contribution in [3.63, 3.8) is 0 Å². The molecule has 1 aromatic rings. The molecule has 1 unspecified atom stereocenters. The Morgan fingerprint density at radius 1 is 1.33 bits per heavy atom. The summed E-state index contributed by atoms with van der Waals surface area (Å²) in [6.07, 6.45) is 1.70. The first-order valence-corrected chi connectivity index (χ1v) is 10.3. The molecule has 24 heavy (non-hydrogen) atoms. The lowest BCUT2D eigenvalue weighted by Crippen LogP contribution is -2.37. The second-order valence-electron chi connectivity index (χ2n) is 6.59. The summed E-state index contributed by atoms with van der Waals surface area (Å²) in [4.78, 5) is 13.2. The van der Waals surface area contributed by atoms with E-state index < -0.39 is 9.84 Å². The molecule has 0 amide bonds. The standard InChI is InChI=1S/C16H29N5O2S/c1-5-21(14-7-10-24(22,23)12-14)16-11-15(18-13(2)19-16)17-8-6-9-20(3)4/h11,14H,5-10,12H2,1-4H3,(H,17,18,19). The van der Waals surface area contributed by atoms with Crippen LogP contribution in [0.4, 0.5) is 11.6 Å². The molecule has 1 aliphatic rings. The van der Waals surface area contributed by atoms with E-state index in [-0.39, 0.29) is 17.5 Å². The highest BCUT2D eigenvalue weighted by atomic mass is 32.2. The quantitative estimate of drug-likeness (QED) is 0.701. The van der Waals surface area contributed by atoms with E-state index in [1.807, 2.05) is 19.9 Å². The van der Waals surface area contributed by atoms with Gasteiger partial charge in [0.1, 0.15) is 17.5 Å². The summed E-state index contributed by atoms with van der Waals surface area (Å²) in [5.41, 5.74) is 0. The van der Waals surface area contributed by atoms with Crippen molar-refractivity contribution in [1.29, 1.82) is 0 Å². The second kappa shape index (κ2) is 8.11. The molecule has 1 N–H and O–H groups in total. The Hall–Kier alpha value is -1.41. The summed E-state index contributed by atoms with van der Waals surface area (Å²) < 4.78 is 23.6. The minimum absolute atomic E-state index is 0.0101. The lowest BCUT2D eigenvalue weighted by molar-refractivity contribution is 0.405. The summed E-state index contributed by atoms with van der Waals surface area (Å²) in [5, 5.41) is 3.34. The van der Waals surface area contributed by atoms with E-state index in [1.54, 1.807) is 0 Å². The van der Waals surface area contributed by atoms with Crippen LogP contribution in [-0.2, 0) is 9.84 Å². The average molecular weight is 356 g/mol. The molecule has 1 aliphatic heterocycles. The van der Waals surface area contributed by atoms with Crippen LogP contribution in [0.25, 0.3) is 0 Å². The molecule has 1 atom stereocenters. The molecular weight excluding hydrogens is 326 g/mol. The van der Waals surface area contributed by atoms with Crippen LogP contribution >= 0.6 is 0 Å². The molecule has 2 rings (SSSR count). The maximum absolute atomic E-state index is 11.8. The van der Waals surface area contributed by atoms with Gasteiger partial charge in [0.05, 0.1) is 11.5 Å². The highest BCUT2D eigenvalue weighted by Gasteiger charge is 2.32. The molecule has 0 bridgehead atoms. The van der Waals surface area contributed by atoms with Gasteiger partial charge in [0.15, 0.2) is 9.84 Å². The van der Waals surface area contributed by atoms with Gasteiger partial charge >= 0.3 is 0 Å². The van der Waals surface area contributed by atoms with Crippen LogP contribution in [0.2, 0.25) is 0 Å². The van der Waals surface area contributed by atoms with Crippen LogP contribution in [0.5, 0.6) is 0 Å². The normalized spacial score (nSPS) is 19.6. The zero-order valence-corrected chi connectivity index (χ0v) is 15.9. The Labute approximate surface area is 145 Å². The zero-order chi connectivity index (χ0) is 17.7. The van der Waals surface area contributed by atoms with E-state index in [0.29, 0.717) is 12.2 Å². The number of nitrogens with zero attached hydrogens (tertiary/aromatic N) is 4. The topological polar surface area (TPSA) is 78.4 Å². The lowest BCUT2D eigenvalue weighted by Gasteiger charge is -2.28. The van der Waals surface area contributed by atoms with Crippen LogP contribution in [0, 0.1) is 6.92 Å². The van der Waals surface area contributed by atoms with Gasteiger partial charge in [-0.25, -0.2) is 18.4 Å². The van der Waals surface area contributed by atoms with Gasteiger partial charge in [-0.05, 0) is 47.3 Å². The summed E-state index contributed by atoms with van der Waals surface area (Å²) in [7, 11) is 1.20. The van der Waals surface area contributed by atoms with Crippen LogP contribution in [0.15, 0.2) is 6.07 Å². The smallest absolute Gasteiger partial charge is 0.152 e. The first-order valence-electron chi connectivity index (χ1n) is 8.52. The predicted molar refractivity (Wildman–Crippen MR) is 98.5 cm³/mol.